The third-order valence-corrected chi connectivity index (χ3v) is 2.65. The van der Waals surface area contributed by atoms with Crippen molar-refractivity contribution in [3.63, 3.8) is 0 Å². The van der Waals surface area contributed by atoms with Crippen LogP contribution in [-0.2, 0) is 9.53 Å². The van der Waals surface area contributed by atoms with Gasteiger partial charge in [0.1, 0.15) is 0 Å². The summed E-state index contributed by atoms with van der Waals surface area (Å²) in [6.07, 6.45) is 0.0818. The molecule has 1 rings (SSSR count). The molecule has 0 bridgehead atoms. The first-order valence-electron chi connectivity index (χ1n) is 5.04. The molecule has 1 saturated heterocycles. The number of halogens is 1. The zero-order valence-corrected chi connectivity index (χ0v) is 9.75. The largest absolute Gasteiger partial charge is 0.370 e. The van der Waals surface area contributed by atoms with Crippen molar-refractivity contribution in [2.24, 2.45) is 5.92 Å². The third-order valence-electron chi connectivity index (χ3n) is 2.30. The van der Waals surface area contributed by atoms with E-state index in [1.54, 1.807) is 0 Å². The topological polar surface area (TPSA) is 29.5 Å². The second-order valence-electron chi connectivity index (χ2n) is 4.12. The minimum Gasteiger partial charge on any atom is -0.370 e. The summed E-state index contributed by atoms with van der Waals surface area (Å²) in [5.41, 5.74) is 0. The first-order chi connectivity index (χ1) is 6.54. The molecule has 14 heavy (non-hydrogen) atoms. The van der Waals surface area contributed by atoms with Crippen LogP contribution in [0.15, 0.2) is 0 Å². The molecule has 0 aromatic rings. The van der Waals surface area contributed by atoms with Crippen molar-refractivity contribution in [1.82, 2.24) is 4.90 Å². The highest BCUT2D eigenvalue weighted by Gasteiger charge is 2.28. The number of amides is 1. The highest BCUT2D eigenvalue weighted by atomic mass is 35.5. The molecule has 0 saturated carbocycles. The fourth-order valence-corrected chi connectivity index (χ4v) is 1.85. The van der Waals surface area contributed by atoms with E-state index in [1.807, 2.05) is 25.7 Å². The number of hydrogen-bond donors (Lipinski definition) is 0. The van der Waals surface area contributed by atoms with Crippen molar-refractivity contribution in [3.05, 3.63) is 0 Å². The van der Waals surface area contributed by atoms with Crippen molar-refractivity contribution in [2.75, 3.05) is 19.0 Å². The van der Waals surface area contributed by atoms with E-state index in [2.05, 4.69) is 0 Å². The number of morpholine rings is 1. The third kappa shape index (κ3) is 2.85. The van der Waals surface area contributed by atoms with E-state index in [9.17, 15) is 4.79 Å². The summed E-state index contributed by atoms with van der Waals surface area (Å²) in [4.78, 5) is 13.6. The van der Waals surface area contributed by atoms with Crippen LogP contribution in [0.25, 0.3) is 0 Å². The predicted octanol–water partition coefficient (Wildman–Crippen LogP) is 1.50. The van der Waals surface area contributed by atoms with Crippen LogP contribution in [0.2, 0.25) is 0 Å². The minimum absolute atomic E-state index is 0.0110. The first kappa shape index (κ1) is 11.8. The van der Waals surface area contributed by atoms with E-state index in [4.69, 9.17) is 16.3 Å². The Labute approximate surface area is 90.4 Å². The molecule has 0 aliphatic carbocycles. The van der Waals surface area contributed by atoms with Gasteiger partial charge in [-0.2, -0.15) is 0 Å². The van der Waals surface area contributed by atoms with Crippen LogP contribution in [-0.4, -0.2) is 42.0 Å². The maximum atomic E-state index is 11.7. The first-order valence-corrected chi connectivity index (χ1v) is 5.58. The molecule has 0 N–H and O–H groups in total. The molecule has 4 heteroatoms. The molecule has 1 heterocycles. The van der Waals surface area contributed by atoms with E-state index in [0.717, 1.165) is 0 Å². The molecule has 1 fully saturated rings. The Hall–Kier alpha value is -0.280. The van der Waals surface area contributed by atoms with Crippen LogP contribution >= 0.6 is 11.6 Å². The molecule has 1 aliphatic rings. The fraction of sp³-hybridized carbons (Fsp3) is 0.900. The Morgan fingerprint density at radius 2 is 2.21 bits per heavy atom. The summed E-state index contributed by atoms with van der Waals surface area (Å²) >= 11 is 5.73. The van der Waals surface area contributed by atoms with Gasteiger partial charge in [0.25, 0.3) is 0 Å². The van der Waals surface area contributed by atoms with Gasteiger partial charge in [-0.25, -0.2) is 0 Å². The number of alkyl halides is 1. The second-order valence-corrected chi connectivity index (χ2v) is 4.43. The summed E-state index contributed by atoms with van der Waals surface area (Å²) in [6, 6.07) is 0. The van der Waals surface area contributed by atoms with Gasteiger partial charge >= 0.3 is 0 Å². The number of rotatable bonds is 2. The van der Waals surface area contributed by atoms with Crippen molar-refractivity contribution < 1.29 is 9.53 Å². The maximum absolute atomic E-state index is 11.7. The zero-order chi connectivity index (χ0) is 10.7. The molecular formula is C10H18ClNO2. The van der Waals surface area contributed by atoms with Gasteiger partial charge in [-0.3, -0.25) is 4.79 Å². The molecule has 0 aromatic carbocycles. The Kier molecular flexibility index (Phi) is 4.20. The SMILES string of the molecule is CC1CN(C(=O)C(C)C)CC(CCl)O1. The summed E-state index contributed by atoms with van der Waals surface area (Å²) < 4.78 is 5.57. The van der Waals surface area contributed by atoms with E-state index in [0.29, 0.717) is 19.0 Å². The zero-order valence-electron chi connectivity index (χ0n) is 9.00. The quantitative estimate of drug-likeness (QED) is 0.659. The maximum Gasteiger partial charge on any atom is 0.225 e. The Morgan fingerprint density at radius 3 is 2.71 bits per heavy atom. The average Bonchev–Trinajstić information content (AvgIpc) is 2.15. The summed E-state index contributed by atoms with van der Waals surface area (Å²) in [7, 11) is 0. The number of ether oxygens (including phenoxy) is 1. The van der Waals surface area contributed by atoms with Gasteiger partial charge in [0.2, 0.25) is 5.91 Å². The van der Waals surface area contributed by atoms with Crippen molar-refractivity contribution in [1.29, 1.82) is 0 Å². The molecule has 2 unspecified atom stereocenters. The Morgan fingerprint density at radius 1 is 1.57 bits per heavy atom. The summed E-state index contributed by atoms with van der Waals surface area (Å²) in [6.45, 7) is 7.12. The number of nitrogens with zero attached hydrogens (tertiary/aromatic N) is 1. The van der Waals surface area contributed by atoms with Crippen LogP contribution in [0.3, 0.4) is 0 Å². The summed E-state index contributed by atoms with van der Waals surface area (Å²) in [5.74, 6) is 0.693. The van der Waals surface area contributed by atoms with Gasteiger partial charge in [-0.05, 0) is 6.92 Å². The van der Waals surface area contributed by atoms with Crippen molar-refractivity contribution >= 4 is 17.5 Å². The monoisotopic (exact) mass is 219 g/mol. The lowest BCUT2D eigenvalue weighted by atomic mass is 10.1. The van der Waals surface area contributed by atoms with Crippen LogP contribution in [0.5, 0.6) is 0 Å². The Balaban J connectivity index is 2.57. The highest BCUT2D eigenvalue weighted by Crippen LogP contribution is 2.14. The lowest BCUT2D eigenvalue weighted by molar-refractivity contribution is -0.146. The molecule has 2 atom stereocenters. The van der Waals surface area contributed by atoms with Gasteiger partial charge in [-0.15, -0.1) is 11.6 Å². The second kappa shape index (κ2) is 4.99. The molecule has 0 radical (unpaired) electrons. The molecule has 0 spiro atoms. The van der Waals surface area contributed by atoms with E-state index >= 15 is 0 Å². The Bertz CT molecular complexity index is 208. The van der Waals surface area contributed by atoms with Crippen LogP contribution in [0, 0.1) is 5.92 Å². The van der Waals surface area contributed by atoms with Gasteiger partial charge in [0, 0.05) is 19.0 Å². The van der Waals surface area contributed by atoms with Crippen molar-refractivity contribution in [2.45, 2.75) is 33.0 Å². The summed E-state index contributed by atoms with van der Waals surface area (Å²) in [5, 5.41) is 0. The minimum atomic E-state index is -0.0110. The molecule has 82 valence electrons. The van der Waals surface area contributed by atoms with Gasteiger partial charge in [0.15, 0.2) is 0 Å². The molecular weight excluding hydrogens is 202 g/mol. The van der Waals surface area contributed by atoms with Gasteiger partial charge in [-0.1, -0.05) is 13.8 Å². The van der Waals surface area contributed by atoms with Crippen LogP contribution < -0.4 is 0 Å². The van der Waals surface area contributed by atoms with Crippen LogP contribution in [0.4, 0.5) is 0 Å². The molecule has 0 aromatic heterocycles. The van der Waals surface area contributed by atoms with Crippen LogP contribution in [0.1, 0.15) is 20.8 Å². The lowest BCUT2D eigenvalue weighted by Gasteiger charge is -2.36. The predicted molar refractivity (Wildman–Crippen MR) is 56.5 cm³/mol. The fourth-order valence-electron chi connectivity index (χ4n) is 1.68. The van der Waals surface area contributed by atoms with Crippen molar-refractivity contribution in [3.8, 4) is 0 Å². The number of hydrogen-bond acceptors (Lipinski definition) is 2. The van der Waals surface area contributed by atoms with Gasteiger partial charge in [0.05, 0.1) is 18.1 Å². The highest BCUT2D eigenvalue weighted by molar-refractivity contribution is 6.18. The van der Waals surface area contributed by atoms with E-state index in [-0.39, 0.29) is 24.0 Å². The standard InChI is InChI=1S/C10H18ClNO2/c1-7(2)10(13)12-5-8(3)14-9(4-11)6-12/h7-9H,4-6H2,1-3H3. The lowest BCUT2D eigenvalue weighted by Crippen LogP contribution is -2.50. The molecule has 1 amide bonds. The number of carbonyl (C=O) groups excluding carboxylic acids is 1. The van der Waals surface area contributed by atoms with E-state index in [1.165, 1.54) is 0 Å². The molecule has 1 aliphatic heterocycles. The molecule has 3 nitrogen and oxygen atoms in total. The van der Waals surface area contributed by atoms with E-state index < -0.39 is 0 Å². The smallest absolute Gasteiger partial charge is 0.225 e. The number of carbonyl (C=O) groups is 1. The average molecular weight is 220 g/mol. The normalized spacial score (nSPS) is 28.2. The van der Waals surface area contributed by atoms with Gasteiger partial charge < -0.3 is 9.64 Å².